The predicted octanol–water partition coefficient (Wildman–Crippen LogP) is 2.35. The summed E-state index contributed by atoms with van der Waals surface area (Å²) in [4.78, 5) is 23.3. The highest BCUT2D eigenvalue weighted by Crippen LogP contribution is 2.12. The first-order chi connectivity index (χ1) is 8.90. The molecular formula is C14H19NO4. The van der Waals surface area contributed by atoms with Crippen LogP contribution in [0.4, 0.5) is 4.79 Å². The second-order valence-corrected chi connectivity index (χ2v) is 4.55. The van der Waals surface area contributed by atoms with Gasteiger partial charge in [0, 0.05) is 13.6 Å². The number of carboxylic acids is 1. The van der Waals surface area contributed by atoms with Crippen molar-refractivity contribution in [2.24, 2.45) is 0 Å². The highest BCUT2D eigenvalue weighted by atomic mass is 16.6. The molecule has 0 aliphatic rings. The Kier molecular flexibility index (Phi) is 5.36. The lowest BCUT2D eigenvalue weighted by atomic mass is 10.1. The summed E-state index contributed by atoms with van der Waals surface area (Å²) < 4.78 is 5.15. The lowest BCUT2D eigenvalue weighted by Crippen LogP contribution is -2.29. The zero-order valence-electron chi connectivity index (χ0n) is 11.5. The highest BCUT2D eigenvalue weighted by Gasteiger charge is 2.12. The van der Waals surface area contributed by atoms with Crippen LogP contribution in [0.3, 0.4) is 0 Å². The molecule has 1 amide bonds. The van der Waals surface area contributed by atoms with E-state index in [9.17, 15) is 9.59 Å². The van der Waals surface area contributed by atoms with Crippen LogP contribution in [0.15, 0.2) is 18.2 Å². The average Bonchev–Trinajstić information content (AvgIpc) is 2.36. The second kappa shape index (κ2) is 6.78. The van der Waals surface area contributed by atoms with Gasteiger partial charge >= 0.3 is 12.1 Å². The fourth-order valence-electron chi connectivity index (χ4n) is 1.56. The Labute approximate surface area is 112 Å². The molecule has 0 aromatic heterocycles. The Bertz CT molecular complexity index is 471. The molecule has 104 valence electrons. The van der Waals surface area contributed by atoms with E-state index < -0.39 is 12.1 Å². The Morgan fingerprint density at radius 3 is 2.63 bits per heavy atom. The van der Waals surface area contributed by atoms with E-state index in [1.165, 1.54) is 11.9 Å². The van der Waals surface area contributed by atoms with Crippen LogP contribution in [-0.4, -0.2) is 35.7 Å². The fraction of sp³-hybridized carbons (Fsp3) is 0.429. The molecule has 0 saturated heterocycles. The number of carbonyl (C=O) groups excluding carboxylic acids is 1. The van der Waals surface area contributed by atoms with Crippen LogP contribution in [0.5, 0.6) is 0 Å². The number of ether oxygens (including phenoxy) is 1. The van der Waals surface area contributed by atoms with Gasteiger partial charge in [-0.05, 0) is 25.0 Å². The van der Waals surface area contributed by atoms with Gasteiger partial charge in [0.1, 0.15) is 6.61 Å². The number of benzene rings is 1. The minimum atomic E-state index is -0.936. The average molecular weight is 265 g/mol. The number of nitrogens with zero attached hydrogens (tertiary/aromatic N) is 1. The summed E-state index contributed by atoms with van der Waals surface area (Å²) in [7, 11) is 1.52. The third-order valence-electron chi connectivity index (χ3n) is 2.83. The highest BCUT2D eigenvalue weighted by molar-refractivity contribution is 5.70. The molecule has 0 saturated carbocycles. The van der Waals surface area contributed by atoms with Crippen molar-refractivity contribution >= 4 is 12.1 Å². The van der Waals surface area contributed by atoms with E-state index in [0.29, 0.717) is 0 Å². The molecule has 0 heterocycles. The van der Waals surface area contributed by atoms with Gasteiger partial charge in [0.2, 0.25) is 0 Å². The van der Waals surface area contributed by atoms with Gasteiger partial charge < -0.3 is 14.7 Å². The molecule has 0 aliphatic carbocycles. The maximum Gasteiger partial charge on any atom is 0.409 e. The van der Waals surface area contributed by atoms with Crippen LogP contribution in [0.1, 0.15) is 23.1 Å². The molecule has 0 aliphatic heterocycles. The zero-order chi connectivity index (χ0) is 14.4. The second-order valence-electron chi connectivity index (χ2n) is 4.55. The van der Waals surface area contributed by atoms with Crippen LogP contribution < -0.4 is 0 Å². The number of carbonyl (C=O) groups is 2. The number of hydrogen-bond donors (Lipinski definition) is 1. The van der Waals surface area contributed by atoms with Crippen LogP contribution >= 0.6 is 0 Å². The first-order valence-electron chi connectivity index (χ1n) is 6.06. The van der Waals surface area contributed by atoms with Gasteiger partial charge in [-0.1, -0.05) is 23.8 Å². The van der Waals surface area contributed by atoms with E-state index in [2.05, 4.69) is 0 Å². The molecule has 0 radical (unpaired) electrons. The van der Waals surface area contributed by atoms with Crippen molar-refractivity contribution < 1.29 is 19.4 Å². The van der Waals surface area contributed by atoms with Crippen molar-refractivity contribution in [2.75, 3.05) is 13.6 Å². The Morgan fingerprint density at radius 2 is 2.00 bits per heavy atom. The van der Waals surface area contributed by atoms with Gasteiger partial charge in [0.05, 0.1) is 6.42 Å². The molecule has 5 heteroatoms. The lowest BCUT2D eigenvalue weighted by Gasteiger charge is -2.16. The predicted molar refractivity (Wildman–Crippen MR) is 71.0 cm³/mol. The molecular weight excluding hydrogens is 246 g/mol. The summed E-state index contributed by atoms with van der Waals surface area (Å²) in [5.74, 6) is -0.936. The third-order valence-corrected chi connectivity index (χ3v) is 2.83. The van der Waals surface area contributed by atoms with Crippen molar-refractivity contribution in [1.82, 2.24) is 4.90 Å². The van der Waals surface area contributed by atoms with Gasteiger partial charge in [0.15, 0.2) is 0 Å². The van der Waals surface area contributed by atoms with E-state index in [4.69, 9.17) is 9.84 Å². The molecule has 1 rings (SSSR count). The molecule has 0 fully saturated rings. The van der Waals surface area contributed by atoms with Gasteiger partial charge in [-0.3, -0.25) is 4.79 Å². The summed E-state index contributed by atoms with van der Waals surface area (Å²) in [5, 5.41) is 8.54. The molecule has 0 unspecified atom stereocenters. The van der Waals surface area contributed by atoms with E-state index in [-0.39, 0.29) is 19.6 Å². The molecule has 0 spiro atoms. The standard InChI is InChI=1S/C14H19NO4/c1-10-4-5-11(2)12(8-10)9-19-14(18)15(3)7-6-13(16)17/h4-5,8H,6-7,9H2,1-3H3,(H,16,17). The number of rotatable bonds is 5. The minimum Gasteiger partial charge on any atom is -0.481 e. The molecule has 1 N–H and O–H groups in total. The SMILES string of the molecule is Cc1ccc(C)c(COC(=O)N(C)CCC(=O)O)c1. The van der Waals surface area contributed by atoms with Crippen molar-refractivity contribution in [2.45, 2.75) is 26.9 Å². The van der Waals surface area contributed by atoms with Crippen molar-refractivity contribution in [1.29, 1.82) is 0 Å². The van der Waals surface area contributed by atoms with Gasteiger partial charge in [-0.2, -0.15) is 0 Å². The van der Waals surface area contributed by atoms with E-state index in [1.54, 1.807) is 0 Å². The van der Waals surface area contributed by atoms with Gasteiger partial charge in [-0.15, -0.1) is 0 Å². The summed E-state index contributed by atoms with van der Waals surface area (Å²) >= 11 is 0. The summed E-state index contributed by atoms with van der Waals surface area (Å²) in [5.41, 5.74) is 3.13. The lowest BCUT2D eigenvalue weighted by molar-refractivity contribution is -0.137. The van der Waals surface area contributed by atoms with E-state index in [1.807, 2.05) is 32.0 Å². The molecule has 19 heavy (non-hydrogen) atoms. The number of carboxylic acid groups (broad SMARTS) is 1. The van der Waals surface area contributed by atoms with Gasteiger partial charge in [-0.25, -0.2) is 4.79 Å². The first kappa shape index (κ1) is 15.0. The van der Waals surface area contributed by atoms with Crippen LogP contribution in [-0.2, 0) is 16.1 Å². The van der Waals surface area contributed by atoms with Crippen molar-refractivity contribution in [3.63, 3.8) is 0 Å². The largest absolute Gasteiger partial charge is 0.481 e. The maximum atomic E-state index is 11.6. The maximum absolute atomic E-state index is 11.6. The molecule has 0 atom stereocenters. The van der Waals surface area contributed by atoms with Crippen LogP contribution in [0.2, 0.25) is 0 Å². The first-order valence-corrected chi connectivity index (χ1v) is 6.06. The normalized spacial score (nSPS) is 10.1. The molecule has 1 aromatic carbocycles. The topological polar surface area (TPSA) is 66.8 Å². The molecule has 1 aromatic rings. The quantitative estimate of drug-likeness (QED) is 0.887. The zero-order valence-corrected chi connectivity index (χ0v) is 11.5. The summed E-state index contributed by atoms with van der Waals surface area (Å²) in [6.45, 7) is 4.27. The Balaban J connectivity index is 2.49. The summed E-state index contributed by atoms with van der Waals surface area (Å²) in [6.07, 6.45) is -0.600. The Morgan fingerprint density at radius 1 is 1.32 bits per heavy atom. The third kappa shape index (κ3) is 4.99. The number of aliphatic carboxylic acids is 1. The van der Waals surface area contributed by atoms with Crippen molar-refractivity contribution in [3.05, 3.63) is 34.9 Å². The minimum absolute atomic E-state index is 0.0882. The monoisotopic (exact) mass is 265 g/mol. The number of amides is 1. The fourth-order valence-corrected chi connectivity index (χ4v) is 1.56. The van der Waals surface area contributed by atoms with Crippen LogP contribution in [0, 0.1) is 13.8 Å². The summed E-state index contributed by atoms with van der Waals surface area (Å²) in [6, 6.07) is 5.95. The van der Waals surface area contributed by atoms with E-state index >= 15 is 0 Å². The van der Waals surface area contributed by atoms with Crippen molar-refractivity contribution in [3.8, 4) is 0 Å². The van der Waals surface area contributed by atoms with E-state index in [0.717, 1.165) is 16.7 Å². The van der Waals surface area contributed by atoms with Gasteiger partial charge in [0.25, 0.3) is 0 Å². The number of hydrogen-bond acceptors (Lipinski definition) is 3. The smallest absolute Gasteiger partial charge is 0.409 e. The molecule has 0 bridgehead atoms. The Hall–Kier alpha value is -2.04. The van der Waals surface area contributed by atoms with Crippen LogP contribution in [0.25, 0.3) is 0 Å². The molecule has 5 nitrogen and oxygen atoms in total. The number of aryl methyl sites for hydroxylation is 2.